The summed E-state index contributed by atoms with van der Waals surface area (Å²) >= 11 is 14.8. The number of rotatable bonds is 1. The highest BCUT2D eigenvalue weighted by Crippen LogP contribution is 2.69. The molecule has 6 heteroatoms. The van der Waals surface area contributed by atoms with E-state index in [9.17, 15) is 14.7 Å². The van der Waals surface area contributed by atoms with Crippen LogP contribution in [-0.2, 0) is 19.3 Å². The van der Waals surface area contributed by atoms with Crippen molar-refractivity contribution in [2.75, 3.05) is 4.90 Å². The zero-order valence-corrected chi connectivity index (χ0v) is 18.0. The second-order valence-corrected chi connectivity index (χ2v) is 9.65. The van der Waals surface area contributed by atoms with Crippen molar-refractivity contribution in [1.29, 1.82) is 0 Å². The minimum Gasteiger partial charge on any atom is -0.508 e. The van der Waals surface area contributed by atoms with Crippen LogP contribution in [-0.4, -0.2) is 16.9 Å². The van der Waals surface area contributed by atoms with Gasteiger partial charge in [0.2, 0.25) is 11.8 Å². The smallest absolute Gasteiger partial charge is 0.240 e. The third-order valence-corrected chi connectivity index (χ3v) is 8.29. The van der Waals surface area contributed by atoms with E-state index in [1.54, 1.807) is 13.0 Å². The molecular formula is C25H17Cl2NO3. The van der Waals surface area contributed by atoms with Crippen LogP contribution >= 0.6 is 23.2 Å². The van der Waals surface area contributed by atoms with E-state index in [2.05, 4.69) is 0 Å². The lowest BCUT2D eigenvalue weighted by Gasteiger charge is -2.54. The number of imide groups is 1. The molecule has 154 valence electrons. The highest BCUT2D eigenvalue weighted by atomic mass is 35.5. The SMILES string of the molecule is Cc1cc(O)ccc1N1C(=O)[C@H]2[C@H](C1=O)C1(Cl)c3ccccc3C2(Cl)c2ccccc21. The van der Waals surface area contributed by atoms with Crippen LogP contribution in [0.2, 0.25) is 0 Å². The third kappa shape index (κ3) is 2.03. The minimum absolute atomic E-state index is 0.0697. The van der Waals surface area contributed by atoms with Gasteiger partial charge < -0.3 is 5.11 Å². The van der Waals surface area contributed by atoms with Crippen molar-refractivity contribution in [3.63, 3.8) is 0 Å². The van der Waals surface area contributed by atoms with Crippen LogP contribution in [0.3, 0.4) is 0 Å². The molecular weight excluding hydrogens is 433 g/mol. The third-order valence-electron chi connectivity index (χ3n) is 7.01. The zero-order valence-electron chi connectivity index (χ0n) is 16.5. The predicted molar refractivity (Wildman–Crippen MR) is 118 cm³/mol. The summed E-state index contributed by atoms with van der Waals surface area (Å²) < 4.78 is 0. The van der Waals surface area contributed by atoms with Gasteiger partial charge in [0.15, 0.2) is 0 Å². The van der Waals surface area contributed by atoms with Crippen LogP contribution in [0.1, 0.15) is 27.8 Å². The van der Waals surface area contributed by atoms with Crippen molar-refractivity contribution in [1.82, 2.24) is 0 Å². The number of amides is 2. The molecule has 1 heterocycles. The molecule has 4 nitrogen and oxygen atoms in total. The van der Waals surface area contributed by atoms with Crippen molar-refractivity contribution >= 4 is 40.7 Å². The summed E-state index contributed by atoms with van der Waals surface area (Å²) in [6.45, 7) is 1.75. The number of hydrogen-bond donors (Lipinski definition) is 1. The number of phenols is 1. The number of phenolic OH excluding ortho intramolecular Hbond substituents is 1. The Kier molecular flexibility index (Phi) is 3.60. The number of nitrogens with zero attached hydrogens (tertiary/aromatic N) is 1. The van der Waals surface area contributed by atoms with E-state index in [-0.39, 0.29) is 17.6 Å². The predicted octanol–water partition coefficient (Wildman–Crippen LogP) is 4.80. The lowest BCUT2D eigenvalue weighted by atomic mass is 9.54. The Labute approximate surface area is 189 Å². The highest BCUT2D eigenvalue weighted by molar-refractivity contribution is 6.38. The van der Waals surface area contributed by atoms with E-state index >= 15 is 0 Å². The van der Waals surface area contributed by atoms with Crippen molar-refractivity contribution < 1.29 is 14.7 Å². The molecule has 4 aliphatic rings. The van der Waals surface area contributed by atoms with Gasteiger partial charge in [-0.1, -0.05) is 48.5 Å². The molecule has 0 unspecified atom stereocenters. The summed E-state index contributed by atoms with van der Waals surface area (Å²) in [5, 5.41) is 9.80. The summed E-state index contributed by atoms with van der Waals surface area (Å²) in [5.41, 5.74) is 4.16. The van der Waals surface area contributed by atoms with E-state index in [0.717, 1.165) is 22.3 Å². The first-order valence-corrected chi connectivity index (χ1v) is 10.8. The van der Waals surface area contributed by atoms with Gasteiger partial charge in [0.05, 0.1) is 17.5 Å². The number of benzene rings is 3. The average molecular weight is 450 g/mol. The quantitative estimate of drug-likeness (QED) is 0.428. The number of aromatic hydroxyl groups is 1. The molecule has 31 heavy (non-hydrogen) atoms. The fourth-order valence-electron chi connectivity index (χ4n) is 5.80. The number of aryl methyl sites for hydroxylation is 1. The molecule has 1 aliphatic heterocycles. The summed E-state index contributed by atoms with van der Waals surface area (Å²) in [7, 11) is 0. The number of hydrogen-bond acceptors (Lipinski definition) is 3. The van der Waals surface area contributed by atoms with Gasteiger partial charge in [-0.15, -0.1) is 23.2 Å². The molecule has 3 aromatic rings. The maximum absolute atomic E-state index is 13.8. The van der Waals surface area contributed by atoms with Gasteiger partial charge in [-0.05, 0) is 52.9 Å². The molecule has 1 saturated heterocycles. The Bertz CT molecular complexity index is 1200. The van der Waals surface area contributed by atoms with Gasteiger partial charge in [0.25, 0.3) is 0 Å². The summed E-state index contributed by atoms with van der Waals surface area (Å²) in [4.78, 5) is 26.5. The number of halogens is 2. The number of anilines is 1. The van der Waals surface area contributed by atoms with Crippen molar-refractivity contribution in [2.24, 2.45) is 11.8 Å². The van der Waals surface area contributed by atoms with Crippen LogP contribution in [0.15, 0.2) is 66.7 Å². The van der Waals surface area contributed by atoms with Crippen LogP contribution < -0.4 is 4.90 Å². The molecule has 2 atom stereocenters. The van der Waals surface area contributed by atoms with Gasteiger partial charge in [-0.25, -0.2) is 4.90 Å². The van der Waals surface area contributed by atoms with Gasteiger partial charge in [-0.2, -0.15) is 0 Å². The molecule has 1 N–H and O–H groups in total. The van der Waals surface area contributed by atoms with Crippen molar-refractivity contribution in [3.8, 4) is 5.75 Å². The Balaban J connectivity index is 1.66. The molecule has 2 amide bonds. The first-order chi connectivity index (χ1) is 14.8. The Morgan fingerprint density at radius 2 is 1.19 bits per heavy atom. The summed E-state index contributed by atoms with van der Waals surface area (Å²) in [6, 6.07) is 19.7. The lowest BCUT2D eigenvalue weighted by molar-refractivity contribution is -0.122. The lowest BCUT2D eigenvalue weighted by Crippen LogP contribution is -2.57. The fourth-order valence-corrected chi connectivity index (χ4v) is 6.89. The fraction of sp³-hybridized carbons (Fsp3) is 0.200. The van der Waals surface area contributed by atoms with E-state index in [4.69, 9.17) is 23.2 Å². The van der Waals surface area contributed by atoms with Gasteiger partial charge in [0.1, 0.15) is 15.5 Å². The maximum atomic E-state index is 13.8. The number of alkyl halides is 2. The Morgan fingerprint density at radius 3 is 1.58 bits per heavy atom. The molecule has 3 aromatic carbocycles. The van der Waals surface area contributed by atoms with E-state index < -0.39 is 21.6 Å². The summed E-state index contributed by atoms with van der Waals surface area (Å²) in [6.07, 6.45) is 0. The molecule has 1 fully saturated rings. The molecule has 0 aromatic heterocycles. The molecule has 7 rings (SSSR count). The Morgan fingerprint density at radius 1 is 0.774 bits per heavy atom. The molecule has 3 aliphatic carbocycles. The van der Waals surface area contributed by atoms with Gasteiger partial charge in [0, 0.05) is 0 Å². The average Bonchev–Trinajstić information content (AvgIpc) is 3.04. The van der Waals surface area contributed by atoms with E-state index in [1.165, 1.54) is 17.0 Å². The van der Waals surface area contributed by atoms with Gasteiger partial charge >= 0.3 is 0 Å². The van der Waals surface area contributed by atoms with Crippen LogP contribution in [0.4, 0.5) is 5.69 Å². The topological polar surface area (TPSA) is 57.6 Å². The second kappa shape index (κ2) is 5.90. The van der Waals surface area contributed by atoms with Crippen molar-refractivity contribution in [3.05, 3.63) is 94.5 Å². The van der Waals surface area contributed by atoms with E-state index in [1.807, 2.05) is 48.5 Å². The van der Waals surface area contributed by atoms with Crippen LogP contribution in [0.5, 0.6) is 5.75 Å². The largest absolute Gasteiger partial charge is 0.508 e. The first kappa shape index (κ1) is 18.9. The second-order valence-electron chi connectivity index (χ2n) is 8.45. The molecule has 0 radical (unpaired) electrons. The maximum Gasteiger partial charge on any atom is 0.240 e. The zero-order chi connectivity index (χ0) is 21.7. The molecule has 0 spiro atoms. The van der Waals surface area contributed by atoms with Crippen molar-refractivity contribution in [2.45, 2.75) is 16.7 Å². The number of carbonyl (C=O) groups excluding carboxylic acids is 2. The molecule has 2 bridgehead atoms. The van der Waals surface area contributed by atoms with Crippen LogP contribution in [0.25, 0.3) is 0 Å². The minimum atomic E-state index is -1.19. The monoisotopic (exact) mass is 449 g/mol. The normalized spacial score (nSPS) is 30.2. The Hall–Kier alpha value is -2.82. The van der Waals surface area contributed by atoms with E-state index in [0.29, 0.717) is 11.3 Å². The van der Waals surface area contributed by atoms with Gasteiger partial charge in [-0.3, -0.25) is 9.59 Å². The molecule has 0 saturated carbocycles. The standard InChI is InChI=1S/C25H17Cl2NO3/c1-13-12-14(29)10-11-19(13)28-22(30)20-21(23(28)31)25(27)16-7-3-2-6-15(16)24(20,26)17-8-4-5-9-18(17)25/h2-12,20-21,29H,1H3/t20-,21-,24?,25?/m1/s1. The highest BCUT2D eigenvalue weighted by Gasteiger charge is 2.73. The van der Waals surface area contributed by atoms with Crippen LogP contribution in [0, 0.1) is 18.8 Å². The number of carbonyl (C=O) groups is 2. The first-order valence-electron chi connectivity index (χ1n) is 10.1. The summed E-state index contributed by atoms with van der Waals surface area (Å²) in [5.74, 6) is -2.34.